The van der Waals surface area contributed by atoms with Crippen LogP contribution in [0.1, 0.15) is 48.8 Å². The number of hydrogen-bond acceptors (Lipinski definition) is 6. The number of rotatable bonds is 7. The van der Waals surface area contributed by atoms with Crippen molar-refractivity contribution in [2.24, 2.45) is 11.7 Å². The lowest BCUT2D eigenvalue weighted by atomic mass is 9.99. The fourth-order valence-corrected chi connectivity index (χ4v) is 3.35. The van der Waals surface area contributed by atoms with Crippen molar-refractivity contribution in [1.29, 1.82) is 0 Å². The van der Waals surface area contributed by atoms with Crippen LogP contribution in [0.25, 0.3) is 0 Å². The Hall–Kier alpha value is -1.70. The summed E-state index contributed by atoms with van der Waals surface area (Å²) < 4.78 is 5.75. The number of anilines is 1. The van der Waals surface area contributed by atoms with E-state index in [9.17, 15) is 4.79 Å². The average Bonchev–Trinajstić information content (AvgIpc) is 2.61. The van der Waals surface area contributed by atoms with Crippen molar-refractivity contribution in [2.45, 2.75) is 59.4 Å². The van der Waals surface area contributed by atoms with Crippen LogP contribution in [0.4, 0.5) is 5.82 Å². The standard InChI is InChI=1S/C20H35N5O2/c1-12(2)10-22-17-7-8-25(11-18(17)27-6)19-16(20(26)24-15(5)21)9-13(3)14(4)23-19/h9,12,15,17-18,22H,7-8,10-11,21H2,1-6H3,(H,24,26). The molecule has 1 aliphatic rings. The summed E-state index contributed by atoms with van der Waals surface area (Å²) in [6, 6.07) is 2.21. The molecule has 1 aromatic rings. The van der Waals surface area contributed by atoms with Gasteiger partial charge in [0.2, 0.25) is 0 Å². The number of nitrogens with zero attached hydrogens (tertiary/aromatic N) is 2. The van der Waals surface area contributed by atoms with Crippen molar-refractivity contribution in [1.82, 2.24) is 15.6 Å². The molecule has 0 aromatic carbocycles. The maximum absolute atomic E-state index is 12.7. The summed E-state index contributed by atoms with van der Waals surface area (Å²) in [5.41, 5.74) is 8.24. The molecule has 1 amide bonds. The van der Waals surface area contributed by atoms with E-state index in [0.717, 1.165) is 30.8 Å². The number of carbonyl (C=O) groups is 1. The van der Waals surface area contributed by atoms with E-state index in [-0.39, 0.29) is 12.0 Å². The molecule has 1 saturated heterocycles. The van der Waals surface area contributed by atoms with Crippen LogP contribution >= 0.6 is 0 Å². The van der Waals surface area contributed by atoms with E-state index in [2.05, 4.69) is 29.4 Å². The van der Waals surface area contributed by atoms with Crippen molar-refractivity contribution < 1.29 is 9.53 Å². The molecule has 2 rings (SSSR count). The van der Waals surface area contributed by atoms with E-state index >= 15 is 0 Å². The van der Waals surface area contributed by atoms with Crippen LogP contribution in [0.2, 0.25) is 0 Å². The van der Waals surface area contributed by atoms with Crippen molar-refractivity contribution in [3.05, 3.63) is 22.9 Å². The van der Waals surface area contributed by atoms with Gasteiger partial charge >= 0.3 is 0 Å². The number of ether oxygens (including phenoxy) is 1. The number of methoxy groups -OCH3 is 1. The van der Waals surface area contributed by atoms with Gasteiger partial charge in [0.25, 0.3) is 5.91 Å². The Morgan fingerprint density at radius 1 is 1.41 bits per heavy atom. The molecule has 152 valence electrons. The summed E-state index contributed by atoms with van der Waals surface area (Å²) in [5, 5.41) is 6.39. The highest BCUT2D eigenvalue weighted by atomic mass is 16.5. The zero-order valence-electron chi connectivity index (χ0n) is 17.5. The first-order valence-corrected chi connectivity index (χ1v) is 9.78. The molecule has 4 N–H and O–H groups in total. The number of hydrogen-bond donors (Lipinski definition) is 3. The third-order valence-corrected chi connectivity index (χ3v) is 5.00. The molecule has 1 fully saturated rings. The first-order valence-electron chi connectivity index (χ1n) is 9.78. The third-order valence-electron chi connectivity index (χ3n) is 5.00. The van der Waals surface area contributed by atoms with Gasteiger partial charge in [-0.25, -0.2) is 4.98 Å². The minimum atomic E-state index is -0.412. The fourth-order valence-electron chi connectivity index (χ4n) is 3.35. The molecule has 0 aliphatic carbocycles. The summed E-state index contributed by atoms with van der Waals surface area (Å²) in [7, 11) is 1.75. The lowest BCUT2D eigenvalue weighted by Gasteiger charge is -2.39. The zero-order chi connectivity index (χ0) is 20.1. The van der Waals surface area contributed by atoms with Crippen molar-refractivity contribution in [2.75, 3.05) is 31.6 Å². The molecule has 0 saturated carbocycles. The summed E-state index contributed by atoms with van der Waals surface area (Å²) in [6.45, 7) is 12.6. The largest absolute Gasteiger partial charge is 0.378 e. The Labute approximate surface area is 163 Å². The Balaban J connectivity index is 2.24. The molecule has 0 bridgehead atoms. The molecule has 1 aliphatic heterocycles. The number of piperidine rings is 1. The molecular weight excluding hydrogens is 342 g/mol. The topological polar surface area (TPSA) is 92.5 Å². The monoisotopic (exact) mass is 377 g/mol. The molecule has 0 radical (unpaired) electrons. The van der Waals surface area contributed by atoms with Gasteiger partial charge in [0, 0.05) is 31.9 Å². The molecule has 3 unspecified atom stereocenters. The first kappa shape index (κ1) is 21.6. The molecule has 3 atom stereocenters. The maximum atomic E-state index is 12.7. The van der Waals surface area contributed by atoms with Crippen molar-refractivity contribution in [3.8, 4) is 0 Å². The summed E-state index contributed by atoms with van der Waals surface area (Å²) in [4.78, 5) is 19.6. The maximum Gasteiger partial charge on any atom is 0.256 e. The highest BCUT2D eigenvalue weighted by Gasteiger charge is 2.31. The number of carbonyl (C=O) groups excluding carboxylic acids is 1. The van der Waals surface area contributed by atoms with Crippen LogP contribution < -0.4 is 21.3 Å². The Bertz CT molecular complexity index is 648. The van der Waals surface area contributed by atoms with Gasteiger partial charge in [0.15, 0.2) is 0 Å². The number of nitrogens with one attached hydrogen (secondary N) is 2. The number of nitrogens with two attached hydrogens (primary N) is 1. The molecule has 7 nitrogen and oxygen atoms in total. The van der Waals surface area contributed by atoms with Crippen LogP contribution in [0.3, 0.4) is 0 Å². The average molecular weight is 378 g/mol. The summed E-state index contributed by atoms with van der Waals surface area (Å²) >= 11 is 0. The third kappa shape index (κ3) is 5.64. The molecule has 1 aromatic heterocycles. The van der Waals surface area contributed by atoms with Crippen LogP contribution in [-0.4, -0.2) is 55.9 Å². The molecule has 2 heterocycles. The van der Waals surface area contributed by atoms with Crippen molar-refractivity contribution >= 4 is 11.7 Å². The van der Waals surface area contributed by atoms with E-state index in [1.54, 1.807) is 14.0 Å². The Kier molecular flexibility index (Phi) is 7.59. The fraction of sp³-hybridized carbons (Fsp3) is 0.700. The zero-order valence-corrected chi connectivity index (χ0v) is 17.5. The number of pyridine rings is 1. The van der Waals surface area contributed by atoms with E-state index in [1.807, 2.05) is 19.9 Å². The normalized spacial score (nSPS) is 21.4. The van der Waals surface area contributed by atoms with Crippen LogP contribution in [-0.2, 0) is 4.74 Å². The van der Waals surface area contributed by atoms with Gasteiger partial charge < -0.3 is 26.0 Å². The lowest BCUT2D eigenvalue weighted by molar-refractivity contribution is 0.0588. The molecule has 27 heavy (non-hydrogen) atoms. The van der Waals surface area contributed by atoms with Crippen LogP contribution in [0, 0.1) is 19.8 Å². The van der Waals surface area contributed by atoms with Gasteiger partial charge in [-0.1, -0.05) is 13.8 Å². The second-order valence-corrected chi connectivity index (χ2v) is 7.94. The SMILES string of the molecule is COC1CN(c2nc(C)c(C)cc2C(=O)NC(C)N)CCC1NCC(C)C. The van der Waals surface area contributed by atoms with E-state index in [4.69, 9.17) is 15.5 Å². The number of amides is 1. The van der Waals surface area contributed by atoms with Crippen LogP contribution in [0.5, 0.6) is 0 Å². The quantitative estimate of drug-likeness (QED) is 0.625. The second-order valence-electron chi connectivity index (χ2n) is 7.94. The molecule has 7 heteroatoms. The van der Waals surface area contributed by atoms with Crippen LogP contribution in [0.15, 0.2) is 6.07 Å². The lowest BCUT2D eigenvalue weighted by Crippen LogP contribution is -2.54. The van der Waals surface area contributed by atoms with Gasteiger partial charge in [-0.3, -0.25) is 4.79 Å². The Morgan fingerprint density at radius 2 is 2.11 bits per heavy atom. The number of aromatic nitrogens is 1. The van der Waals surface area contributed by atoms with Gasteiger partial charge in [-0.2, -0.15) is 0 Å². The van der Waals surface area contributed by atoms with Gasteiger partial charge in [-0.05, 0) is 51.3 Å². The van der Waals surface area contributed by atoms with Gasteiger partial charge in [0.1, 0.15) is 5.82 Å². The van der Waals surface area contributed by atoms with Crippen molar-refractivity contribution in [3.63, 3.8) is 0 Å². The van der Waals surface area contributed by atoms with E-state index < -0.39 is 6.17 Å². The highest BCUT2D eigenvalue weighted by molar-refractivity contribution is 5.99. The Morgan fingerprint density at radius 3 is 2.70 bits per heavy atom. The summed E-state index contributed by atoms with van der Waals surface area (Å²) in [6.07, 6.45) is 0.573. The van der Waals surface area contributed by atoms with E-state index in [0.29, 0.717) is 29.9 Å². The molecule has 0 spiro atoms. The predicted molar refractivity (Wildman–Crippen MR) is 109 cm³/mol. The molecular formula is C20H35N5O2. The minimum absolute atomic E-state index is 0.0465. The first-order chi connectivity index (χ1) is 12.7. The highest BCUT2D eigenvalue weighted by Crippen LogP contribution is 2.26. The smallest absolute Gasteiger partial charge is 0.256 e. The van der Waals surface area contributed by atoms with E-state index in [1.165, 1.54) is 0 Å². The number of aryl methyl sites for hydroxylation is 2. The second kappa shape index (κ2) is 9.48. The van der Waals surface area contributed by atoms with Gasteiger partial charge in [-0.15, -0.1) is 0 Å². The van der Waals surface area contributed by atoms with Gasteiger partial charge in [0.05, 0.1) is 17.8 Å². The predicted octanol–water partition coefficient (Wildman–Crippen LogP) is 1.57. The summed E-state index contributed by atoms with van der Waals surface area (Å²) in [5.74, 6) is 1.11. The minimum Gasteiger partial charge on any atom is -0.378 e.